The molecule has 0 saturated carbocycles. The van der Waals surface area contributed by atoms with Gasteiger partial charge in [0.05, 0.1) is 16.9 Å². The Balaban J connectivity index is 1.85. The lowest BCUT2D eigenvalue weighted by Crippen LogP contribution is -2.58. The van der Waals surface area contributed by atoms with Gasteiger partial charge in [0.2, 0.25) is 5.16 Å². The SMILES string of the molecule is O=C(O)CC1(Sc2nnnn2-c2ccccc2)CNC1. The van der Waals surface area contributed by atoms with Crippen LogP contribution in [0.3, 0.4) is 0 Å². The maximum Gasteiger partial charge on any atom is 0.304 e. The summed E-state index contributed by atoms with van der Waals surface area (Å²) in [6.07, 6.45) is 0.0896. The Kier molecular flexibility index (Phi) is 3.41. The molecule has 0 radical (unpaired) electrons. The van der Waals surface area contributed by atoms with E-state index in [0.717, 1.165) is 5.69 Å². The molecule has 0 amide bonds. The first-order valence-corrected chi connectivity index (χ1v) is 6.96. The number of carboxylic acid groups (broad SMARTS) is 1. The fraction of sp³-hybridized carbons (Fsp3) is 0.333. The molecule has 1 aliphatic rings. The van der Waals surface area contributed by atoms with Crippen LogP contribution in [-0.2, 0) is 4.79 Å². The molecule has 0 unspecified atom stereocenters. The summed E-state index contributed by atoms with van der Waals surface area (Å²) in [4.78, 5) is 11.0. The summed E-state index contributed by atoms with van der Waals surface area (Å²) in [6.45, 7) is 1.29. The fourth-order valence-corrected chi connectivity index (χ4v) is 3.32. The number of carboxylic acids is 1. The van der Waals surface area contributed by atoms with Crippen molar-refractivity contribution in [2.45, 2.75) is 16.3 Å². The highest BCUT2D eigenvalue weighted by atomic mass is 32.2. The Morgan fingerprint density at radius 1 is 1.40 bits per heavy atom. The van der Waals surface area contributed by atoms with Gasteiger partial charge < -0.3 is 10.4 Å². The van der Waals surface area contributed by atoms with E-state index in [1.807, 2.05) is 30.3 Å². The van der Waals surface area contributed by atoms with Gasteiger partial charge >= 0.3 is 5.97 Å². The van der Waals surface area contributed by atoms with Crippen molar-refractivity contribution in [1.29, 1.82) is 0 Å². The predicted octanol–water partition coefficient (Wildman–Crippen LogP) is 0.571. The first kappa shape index (κ1) is 13.1. The lowest BCUT2D eigenvalue weighted by atomic mass is 9.98. The molecule has 8 heteroatoms. The molecule has 1 aromatic heterocycles. The zero-order chi connectivity index (χ0) is 14.0. The van der Waals surface area contributed by atoms with Crippen LogP contribution in [0.5, 0.6) is 0 Å². The van der Waals surface area contributed by atoms with Gasteiger partial charge in [-0.15, -0.1) is 5.10 Å². The molecule has 1 aliphatic heterocycles. The molecule has 2 aromatic rings. The smallest absolute Gasteiger partial charge is 0.304 e. The van der Waals surface area contributed by atoms with E-state index in [0.29, 0.717) is 18.2 Å². The van der Waals surface area contributed by atoms with Gasteiger partial charge in [-0.3, -0.25) is 4.79 Å². The molecule has 1 saturated heterocycles. The summed E-state index contributed by atoms with van der Waals surface area (Å²) in [6, 6.07) is 9.54. The summed E-state index contributed by atoms with van der Waals surface area (Å²) in [7, 11) is 0. The van der Waals surface area contributed by atoms with Crippen LogP contribution in [0.15, 0.2) is 35.5 Å². The number of nitrogens with zero attached hydrogens (tertiary/aromatic N) is 4. The second kappa shape index (κ2) is 5.22. The Hall–Kier alpha value is -1.93. The van der Waals surface area contributed by atoms with E-state index in [-0.39, 0.29) is 11.2 Å². The Labute approximate surface area is 119 Å². The first-order valence-electron chi connectivity index (χ1n) is 6.14. The van der Waals surface area contributed by atoms with Crippen molar-refractivity contribution in [2.24, 2.45) is 0 Å². The molecule has 104 valence electrons. The lowest BCUT2D eigenvalue weighted by molar-refractivity contribution is -0.138. The van der Waals surface area contributed by atoms with Crippen molar-refractivity contribution in [3.8, 4) is 5.69 Å². The number of tetrazole rings is 1. The molecule has 0 aliphatic carbocycles. The van der Waals surface area contributed by atoms with Gasteiger partial charge in [0.15, 0.2) is 0 Å². The number of nitrogens with one attached hydrogen (secondary N) is 1. The highest BCUT2D eigenvalue weighted by molar-refractivity contribution is 8.00. The molecule has 20 heavy (non-hydrogen) atoms. The van der Waals surface area contributed by atoms with Gasteiger partial charge in [0.25, 0.3) is 0 Å². The number of hydrogen-bond donors (Lipinski definition) is 2. The first-order chi connectivity index (χ1) is 9.69. The normalized spacial score (nSPS) is 16.6. The van der Waals surface area contributed by atoms with Crippen LogP contribution in [-0.4, -0.2) is 49.1 Å². The minimum atomic E-state index is -0.808. The summed E-state index contributed by atoms with van der Waals surface area (Å²) < 4.78 is 1.26. The van der Waals surface area contributed by atoms with E-state index in [4.69, 9.17) is 5.11 Å². The van der Waals surface area contributed by atoms with Gasteiger partial charge in [-0.1, -0.05) is 30.0 Å². The van der Waals surface area contributed by atoms with Crippen molar-refractivity contribution in [3.63, 3.8) is 0 Å². The molecule has 2 N–H and O–H groups in total. The van der Waals surface area contributed by atoms with E-state index >= 15 is 0 Å². The molecule has 1 fully saturated rings. The van der Waals surface area contributed by atoms with Crippen LogP contribution in [0, 0.1) is 0 Å². The second-order valence-corrected chi connectivity index (χ2v) is 6.10. The number of carbonyl (C=O) groups is 1. The highest BCUT2D eigenvalue weighted by Crippen LogP contribution is 2.38. The molecule has 3 rings (SSSR count). The average Bonchev–Trinajstić information content (AvgIpc) is 2.84. The number of benzene rings is 1. The third-order valence-corrected chi connectivity index (χ3v) is 4.42. The standard InChI is InChI=1S/C12H13N5O2S/c18-10(19)6-12(7-13-8-12)20-11-14-15-16-17(11)9-4-2-1-3-5-9/h1-5,13H,6-8H2,(H,18,19). The summed E-state index contributed by atoms with van der Waals surface area (Å²) >= 11 is 1.42. The Bertz CT molecular complexity index is 611. The Morgan fingerprint density at radius 3 is 2.75 bits per heavy atom. The van der Waals surface area contributed by atoms with Crippen LogP contribution >= 0.6 is 11.8 Å². The molecular weight excluding hydrogens is 278 g/mol. The van der Waals surface area contributed by atoms with Crippen LogP contribution in [0.4, 0.5) is 0 Å². The van der Waals surface area contributed by atoms with E-state index in [9.17, 15) is 4.79 Å². The number of rotatable bonds is 5. The van der Waals surface area contributed by atoms with Crippen LogP contribution in [0.25, 0.3) is 5.69 Å². The number of aromatic nitrogens is 4. The molecule has 0 spiro atoms. The van der Waals surface area contributed by atoms with Crippen molar-refractivity contribution in [2.75, 3.05) is 13.1 Å². The maximum atomic E-state index is 11.0. The minimum absolute atomic E-state index is 0.0896. The van der Waals surface area contributed by atoms with Crippen molar-refractivity contribution < 1.29 is 9.90 Å². The van der Waals surface area contributed by atoms with Crippen LogP contribution < -0.4 is 5.32 Å². The van der Waals surface area contributed by atoms with Crippen molar-refractivity contribution >= 4 is 17.7 Å². The molecule has 1 aromatic carbocycles. The third-order valence-electron chi connectivity index (χ3n) is 3.12. The van der Waals surface area contributed by atoms with Gasteiger partial charge in [-0.2, -0.15) is 4.68 Å². The van der Waals surface area contributed by atoms with Crippen LogP contribution in [0.2, 0.25) is 0 Å². The fourth-order valence-electron chi connectivity index (χ4n) is 2.08. The predicted molar refractivity (Wildman–Crippen MR) is 72.9 cm³/mol. The minimum Gasteiger partial charge on any atom is -0.481 e. The van der Waals surface area contributed by atoms with E-state index in [2.05, 4.69) is 20.8 Å². The largest absolute Gasteiger partial charge is 0.481 e. The summed E-state index contributed by atoms with van der Waals surface area (Å²) in [5.41, 5.74) is 0.859. The zero-order valence-corrected chi connectivity index (χ0v) is 11.4. The van der Waals surface area contributed by atoms with Gasteiger partial charge in [-0.25, -0.2) is 0 Å². The molecular formula is C12H13N5O2S. The van der Waals surface area contributed by atoms with E-state index in [1.54, 1.807) is 4.68 Å². The number of hydrogen-bond acceptors (Lipinski definition) is 6. The topological polar surface area (TPSA) is 92.9 Å². The van der Waals surface area contributed by atoms with Crippen molar-refractivity contribution in [3.05, 3.63) is 30.3 Å². The third kappa shape index (κ3) is 2.52. The average molecular weight is 291 g/mol. The molecule has 0 atom stereocenters. The van der Waals surface area contributed by atoms with E-state index < -0.39 is 5.97 Å². The molecule has 0 bridgehead atoms. The zero-order valence-electron chi connectivity index (χ0n) is 10.6. The van der Waals surface area contributed by atoms with Gasteiger partial charge in [-0.05, 0) is 22.6 Å². The van der Waals surface area contributed by atoms with Crippen molar-refractivity contribution in [1.82, 2.24) is 25.5 Å². The quantitative estimate of drug-likeness (QED) is 0.832. The Morgan fingerprint density at radius 2 is 2.15 bits per heavy atom. The molecule has 2 heterocycles. The van der Waals surface area contributed by atoms with Gasteiger partial charge in [0, 0.05) is 13.1 Å². The van der Waals surface area contributed by atoms with E-state index in [1.165, 1.54) is 11.8 Å². The maximum absolute atomic E-state index is 11.0. The number of aliphatic carboxylic acids is 1. The second-order valence-electron chi connectivity index (χ2n) is 4.67. The van der Waals surface area contributed by atoms with Crippen LogP contribution in [0.1, 0.15) is 6.42 Å². The molecule has 7 nitrogen and oxygen atoms in total. The number of para-hydroxylation sites is 1. The lowest BCUT2D eigenvalue weighted by Gasteiger charge is -2.40. The van der Waals surface area contributed by atoms with Gasteiger partial charge in [0.1, 0.15) is 0 Å². The summed E-state index contributed by atoms with van der Waals surface area (Å²) in [5.74, 6) is -0.808. The number of thioether (sulfide) groups is 1. The monoisotopic (exact) mass is 291 g/mol. The summed E-state index contributed by atoms with van der Waals surface area (Å²) in [5, 5.41) is 24.4. The highest BCUT2D eigenvalue weighted by Gasteiger charge is 2.41.